The molecule has 0 bridgehead atoms. The van der Waals surface area contributed by atoms with Gasteiger partial charge in [-0.2, -0.15) is 0 Å². The normalized spacial score (nSPS) is 10.8. The first-order chi connectivity index (χ1) is 8.75. The maximum Gasteiger partial charge on any atom is 0.320 e. The summed E-state index contributed by atoms with van der Waals surface area (Å²) >= 11 is 0. The van der Waals surface area contributed by atoms with Gasteiger partial charge < -0.3 is 9.84 Å². The van der Waals surface area contributed by atoms with Crippen LogP contribution in [0, 0.1) is 10.1 Å². The summed E-state index contributed by atoms with van der Waals surface area (Å²) in [6.07, 6.45) is 0. The first-order valence-electron chi connectivity index (χ1n) is 4.80. The van der Waals surface area contributed by atoms with E-state index in [2.05, 4.69) is 0 Å². The summed E-state index contributed by atoms with van der Waals surface area (Å²) in [6, 6.07) is 3.38. The second kappa shape index (κ2) is 5.52. The van der Waals surface area contributed by atoms with E-state index in [9.17, 15) is 23.3 Å². The minimum Gasteiger partial charge on any atom is -0.490 e. The van der Waals surface area contributed by atoms with Crippen LogP contribution < -0.4 is 9.46 Å². The van der Waals surface area contributed by atoms with Crippen LogP contribution in [0.1, 0.15) is 0 Å². The Bertz CT molecular complexity index is 611. The van der Waals surface area contributed by atoms with Gasteiger partial charge in [-0.3, -0.25) is 19.6 Å². The molecule has 0 amide bonds. The van der Waals surface area contributed by atoms with Crippen LogP contribution in [0.5, 0.6) is 5.75 Å². The van der Waals surface area contributed by atoms with Crippen LogP contribution in [0.2, 0.25) is 0 Å². The Morgan fingerprint density at radius 2 is 2.16 bits per heavy atom. The summed E-state index contributed by atoms with van der Waals surface area (Å²) in [7, 11) is -2.88. The molecule has 0 spiro atoms. The van der Waals surface area contributed by atoms with E-state index >= 15 is 0 Å². The third-order valence-corrected chi connectivity index (χ3v) is 3.14. The molecule has 10 heteroatoms. The number of sulfonamides is 1. The minimum atomic E-state index is -4.11. The van der Waals surface area contributed by atoms with Crippen LogP contribution in [0.25, 0.3) is 0 Å². The Hall–Kier alpha value is -2.36. The fraction of sp³-hybridized carbons (Fsp3) is 0.222. The van der Waals surface area contributed by atoms with Crippen molar-refractivity contribution < 1.29 is 28.0 Å². The van der Waals surface area contributed by atoms with Gasteiger partial charge in [0.2, 0.25) is 10.0 Å². The van der Waals surface area contributed by atoms with Gasteiger partial charge in [-0.1, -0.05) is 0 Å². The van der Waals surface area contributed by atoms with Crippen molar-refractivity contribution in [2.45, 2.75) is 0 Å². The molecule has 1 aromatic carbocycles. The smallest absolute Gasteiger partial charge is 0.320 e. The van der Waals surface area contributed by atoms with Crippen LogP contribution >= 0.6 is 0 Å². The number of methoxy groups -OCH3 is 1. The molecule has 1 aromatic rings. The zero-order valence-corrected chi connectivity index (χ0v) is 10.5. The molecule has 0 saturated heterocycles. The molecule has 0 fully saturated rings. The highest BCUT2D eigenvalue weighted by molar-refractivity contribution is 7.93. The van der Waals surface area contributed by atoms with E-state index in [1.165, 1.54) is 19.2 Å². The molecule has 19 heavy (non-hydrogen) atoms. The van der Waals surface area contributed by atoms with Gasteiger partial charge in [-0.15, -0.1) is 0 Å². The molecule has 2 N–H and O–H groups in total. The first-order valence-corrected chi connectivity index (χ1v) is 6.45. The van der Waals surface area contributed by atoms with Crippen molar-refractivity contribution in [3.8, 4) is 5.75 Å². The molecular weight excluding hydrogens is 280 g/mol. The van der Waals surface area contributed by atoms with Gasteiger partial charge in [-0.05, 0) is 12.1 Å². The summed E-state index contributed by atoms with van der Waals surface area (Å²) in [5.74, 6) is -2.70. The molecule has 0 aliphatic carbocycles. The van der Waals surface area contributed by atoms with E-state index in [-0.39, 0.29) is 11.4 Å². The van der Waals surface area contributed by atoms with Crippen LogP contribution in [-0.2, 0) is 14.8 Å². The van der Waals surface area contributed by atoms with Crippen LogP contribution in [0.15, 0.2) is 18.2 Å². The number of nitro groups is 1. The lowest BCUT2D eigenvalue weighted by Gasteiger charge is -2.07. The van der Waals surface area contributed by atoms with E-state index in [0.29, 0.717) is 0 Å². The molecule has 9 nitrogen and oxygen atoms in total. The predicted molar refractivity (Wildman–Crippen MR) is 64.7 cm³/mol. The zero-order valence-electron chi connectivity index (χ0n) is 9.69. The molecule has 0 atom stereocenters. The van der Waals surface area contributed by atoms with Crippen molar-refractivity contribution in [3.63, 3.8) is 0 Å². The van der Waals surface area contributed by atoms with E-state index in [1.807, 2.05) is 4.72 Å². The van der Waals surface area contributed by atoms with Crippen LogP contribution in [0.3, 0.4) is 0 Å². The number of carboxylic acids is 1. The first kappa shape index (κ1) is 14.7. The maximum absolute atomic E-state index is 11.4. The molecule has 0 aromatic heterocycles. The van der Waals surface area contributed by atoms with Gasteiger partial charge in [-0.25, -0.2) is 8.42 Å². The monoisotopic (exact) mass is 290 g/mol. The lowest BCUT2D eigenvalue weighted by Crippen LogP contribution is -2.22. The zero-order chi connectivity index (χ0) is 14.6. The van der Waals surface area contributed by atoms with Crippen molar-refractivity contribution in [1.82, 2.24) is 0 Å². The predicted octanol–water partition coefficient (Wildman–Crippen LogP) is 0.430. The van der Waals surface area contributed by atoms with Gasteiger partial charge in [0, 0.05) is 6.07 Å². The highest BCUT2D eigenvalue weighted by atomic mass is 32.2. The Balaban J connectivity index is 3.07. The minimum absolute atomic E-state index is 0.0359. The number of anilines is 1. The molecule has 0 aliphatic heterocycles. The number of ether oxygens (including phenoxy) is 1. The summed E-state index contributed by atoms with van der Waals surface area (Å²) in [5.41, 5.74) is -0.549. The summed E-state index contributed by atoms with van der Waals surface area (Å²) in [6.45, 7) is 0. The SMILES string of the molecule is COc1ccc(NS(=O)(=O)CC(=O)O)cc1[N+](=O)[O-]. The number of rotatable bonds is 6. The number of carboxylic acid groups (broad SMARTS) is 1. The lowest BCUT2D eigenvalue weighted by molar-refractivity contribution is -0.385. The van der Waals surface area contributed by atoms with Crippen LogP contribution in [-0.4, -0.2) is 37.3 Å². The number of aliphatic carboxylic acids is 1. The fourth-order valence-electron chi connectivity index (χ4n) is 1.27. The third kappa shape index (κ3) is 4.10. The van der Waals surface area contributed by atoms with Crippen molar-refractivity contribution in [1.29, 1.82) is 0 Å². The van der Waals surface area contributed by atoms with Gasteiger partial charge in [0.25, 0.3) is 0 Å². The molecular formula is C9H10N2O7S. The Kier molecular flexibility index (Phi) is 4.27. The molecule has 104 valence electrons. The average Bonchev–Trinajstić information content (AvgIpc) is 2.26. The Labute approximate surface area is 108 Å². The van der Waals surface area contributed by atoms with Gasteiger partial charge >= 0.3 is 11.7 Å². The number of nitrogens with one attached hydrogen (secondary N) is 1. The second-order valence-electron chi connectivity index (χ2n) is 3.40. The molecule has 0 heterocycles. The summed E-state index contributed by atoms with van der Waals surface area (Å²) in [5, 5.41) is 19.1. The van der Waals surface area contributed by atoms with Gasteiger partial charge in [0.1, 0.15) is 0 Å². The number of nitro benzene ring substituents is 1. The molecule has 0 aliphatic rings. The molecule has 1 rings (SSSR count). The summed E-state index contributed by atoms with van der Waals surface area (Å²) in [4.78, 5) is 20.3. The van der Waals surface area contributed by atoms with Crippen molar-refractivity contribution in [3.05, 3.63) is 28.3 Å². The van der Waals surface area contributed by atoms with Crippen molar-refractivity contribution >= 4 is 27.4 Å². The number of nitrogens with zero attached hydrogens (tertiary/aromatic N) is 1. The average molecular weight is 290 g/mol. The topological polar surface area (TPSA) is 136 Å². The number of hydrogen-bond acceptors (Lipinski definition) is 6. The highest BCUT2D eigenvalue weighted by Crippen LogP contribution is 2.29. The quantitative estimate of drug-likeness (QED) is 0.572. The largest absolute Gasteiger partial charge is 0.490 e. The van der Waals surface area contributed by atoms with E-state index < -0.39 is 32.4 Å². The number of carbonyl (C=O) groups is 1. The molecule has 0 radical (unpaired) electrons. The molecule has 0 saturated carbocycles. The number of benzene rings is 1. The Morgan fingerprint density at radius 3 is 2.63 bits per heavy atom. The third-order valence-electron chi connectivity index (χ3n) is 1.96. The van der Waals surface area contributed by atoms with Crippen molar-refractivity contribution in [2.24, 2.45) is 0 Å². The van der Waals surface area contributed by atoms with Gasteiger partial charge in [0.05, 0.1) is 17.7 Å². The fourth-order valence-corrected chi connectivity index (χ4v) is 2.16. The second-order valence-corrected chi connectivity index (χ2v) is 5.12. The maximum atomic E-state index is 11.4. The lowest BCUT2D eigenvalue weighted by atomic mass is 10.2. The Morgan fingerprint density at radius 1 is 1.53 bits per heavy atom. The summed E-state index contributed by atoms with van der Waals surface area (Å²) < 4.78 is 29.4. The highest BCUT2D eigenvalue weighted by Gasteiger charge is 2.19. The van der Waals surface area contributed by atoms with E-state index in [0.717, 1.165) is 6.07 Å². The van der Waals surface area contributed by atoms with Crippen LogP contribution in [0.4, 0.5) is 11.4 Å². The van der Waals surface area contributed by atoms with E-state index in [4.69, 9.17) is 9.84 Å². The standard InChI is InChI=1S/C9H10N2O7S/c1-18-8-3-2-6(4-7(8)11(14)15)10-19(16,17)5-9(12)13/h2-4,10H,5H2,1H3,(H,12,13). The van der Waals surface area contributed by atoms with Gasteiger partial charge in [0.15, 0.2) is 11.5 Å². The molecule has 0 unspecified atom stereocenters. The van der Waals surface area contributed by atoms with E-state index in [1.54, 1.807) is 0 Å². The number of hydrogen-bond donors (Lipinski definition) is 2. The van der Waals surface area contributed by atoms with Crippen molar-refractivity contribution in [2.75, 3.05) is 17.6 Å².